The van der Waals surface area contributed by atoms with Crippen LogP contribution in [0.2, 0.25) is 0 Å². The summed E-state index contributed by atoms with van der Waals surface area (Å²) >= 11 is 3.41. The first-order valence-electron chi connectivity index (χ1n) is 9.72. The van der Waals surface area contributed by atoms with Gasteiger partial charge in [0.2, 0.25) is 11.7 Å². The van der Waals surface area contributed by atoms with Gasteiger partial charge in [-0.1, -0.05) is 33.2 Å². The molecule has 0 aliphatic heterocycles. The van der Waals surface area contributed by atoms with Crippen molar-refractivity contribution in [3.63, 3.8) is 0 Å². The monoisotopic (exact) mass is 480 g/mol. The average molecular weight is 481 g/mol. The number of ether oxygens (including phenoxy) is 1. The number of benzene rings is 2. The molecule has 0 aliphatic carbocycles. The lowest BCUT2D eigenvalue weighted by atomic mass is 10.1. The molecule has 7 nitrogen and oxygen atoms in total. The van der Waals surface area contributed by atoms with Crippen molar-refractivity contribution >= 4 is 21.8 Å². The fourth-order valence-electron chi connectivity index (χ4n) is 3.23. The number of carbonyl (C=O) groups is 1. The van der Waals surface area contributed by atoms with Gasteiger partial charge in [0.25, 0.3) is 5.89 Å². The van der Waals surface area contributed by atoms with Crippen LogP contribution in [-0.2, 0) is 11.3 Å². The van der Waals surface area contributed by atoms with Crippen LogP contribution in [0.4, 0.5) is 0 Å². The van der Waals surface area contributed by atoms with Gasteiger partial charge in [-0.3, -0.25) is 4.79 Å². The van der Waals surface area contributed by atoms with Crippen LogP contribution in [0.1, 0.15) is 18.5 Å². The molecule has 1 N–H and O–H groups in total. The van der Waals surface area contributed by atoms with Crippen LogP contribution in [0.25, 0.3) is 23.0 Å². The first-order valence-corrected chi connectivity index (χ1v) is 10.5. The van der Waals surface area contributed by atoms with Crippen LogP contribution in [0, 0.1) is 0 Å². The Morgan fingerprint density at radius 2 is 2.00 bits per heavy atom. The van der Waals surface area contributed by atoms with Gasteiger partial charge in [-0.15, -0.1) is 0 Å². The second kappa shape index (κ2) is 9.18. The summed E-state index contributed by atoms with van der Waals surface area (Å²) in [6, 6.07) is 18.8. The minimum absolute atomic E-state index is 0.125. The summed E-state index contributed by atoms with van der Waals surface area (Å²) in [6.07, 6.45) is 1.81. The highest BCUT2D eigenvalue weighted by atomic mass is 79.9. The molecule has 0 fully saturated rings. The third-order valence-corrected chi connectivity index (χ3v) is 5.39. The molecule has 0 radical (unpaired) electrons. The number of halogens is 1. The minimum atomic E-state index is -0.158. The molecular formula is C23H21BrN4O3. The Labute approximate surface area is 188 Å². The molecule has 0 saturated heterocycles. The van der Waals surface area contributed by atoms with Gasteiger partial charge in [0.05, 0.1) is 13.2 Å². The van der Waals surface area contributed by atoms with E-state index in [9.17, 15) is 4.79 Å². The Balaban J connectivity index is 1.46. The highest BCUT2D eigenvalue weighted by molar-refractivity contribution is 9.10. The van der Waals surface area contributed by atoms with Crippen LogP contribution in [-0.4, -0.2) is 27.7 Å². The molecule has 0 saturated carbocycles. The van der Waals surface area contributed by atoms with Gasteiger partial charge in [-0.2, -0.15) is 4.98 Å². The molecule has 4 aromatic rings. The van der Waals surface area contributed by atoms with Gasteiger partial charge >= 0.3 is 0 Å². The standard InChI is InChI=1S/C23H21BrN4O3/c1-15(17-5-3-6-19(13-17)30-2)25-21(29)14-28-12-4-7-20(28)23-26-22(27-31-23)16-8-10-18(24)11-9-16/h3-13,15H,14H2,1-2H3,(H,25,29)/t15-/m0/s1. The van der Waals surface area contributed by atoms with Crippen molar-refractivity contribution in [2.75, 3.05) is 7.11 Å². The van der Waals surface area contributed by atoms with Crippen molar-refractivity contribution in [2.45, 2.75) is 19.5 Å². The lowest BCUT2D eigenvalue weighted by molar-refractivity contribution is -0.122. The second-order valence-corrected chi connectivity index (χ2v) is 7.93. The van der Waals surface area contributed by atoms with Crippen molar-refractivity contribution in [3.05, 3.63) is 76.9 Å². The van der Waals surface area contributed by atoms with Crippen molar-refractivity contribution in [1.29, 1.82) is 0 Å². The van der Waals surface area contributed by atoms with E-state index in [0.29, 0.717) is 17.4 Å². The normalized spacial score (nSPS) is 11.8. The van der Waals surface area contributed by atoms with Gasteiger partial charge in [0.15, 0.2) is 0 Å². The topological polar surface area (TPSA) is 82.2 Å². The van der Waals surface area contributed by atoms with Crippen molar-refractivity contribution in [1.82, 2.24) is 20.0 Å². The Hall–Kier alpha value is -3.39. The molecule has 0 spiro atoms. The van der Waals surface area contributed by atoms with E-state index in [1.165, 1.54) is 0 Å². The Bertz CT molecular complexity index is 1180. The molecular weight excluding hydrogens is 460 g/mol. The molecule has 0 aliphatic rings. The van der Waals surface area contributed by atoms with Crippen molar-refractivity contribution in [3.8, 4) is 28.7 Å². The summed E-state index contributed by atoms with van der Waals surface area (Å²) in [5, 5.41) is 7.08. The first kappa shape index (κ1) is 20.9. The number of carbonyl (C=O) groups excluding carboxylic acids is 1. The zero-order valence-electron chi connectivity index (χ0n) is 17.1. The van der Waals surface area contributed by atoms with Crippen LogP contribution < -0.4 is 10.1 Å². The van der Waals surface area contributed by atoms with Crippen molar-refractivity contribution in [2.24, 2.45) is 0 Å². The number of nitrogens with zero attached hydrogens (tertiary/aromatic N) is 3. The lowest BCUT2D eigenvalue weighted by Gasteiger charge is -2.16. The van der Waals surface area contributed by atoms with Gasteiger partial charge in [-0.25, -0.2) is 0 Å². The van der Waals surface area contributed by atoms with E-state index < -0.39 is 0 Å². The zero-order valence-corrected chi connectivity index (χ0v) is 18.7. The molecule has 31 heavy (non-hydrogen) atoms. The minimum Gasteiger partial charge on any atom is -0.497 e. The number of nitrogens with one attached hydrogen (secondary N) is 1. The van der Waals surface area contributed by atoms with E-state index in [-0.39, 0.29) is 18.5 Å². The maximum absolute atomic E-state index is 12.7. The molecule has 2 aromatic heterocycles. The predicted octanol–water partition coefficient (Wildman–Crippen LogP) is 4.85. The van der Waals surface area contributed by atoms with E-state index in [1.807, 2.05) is 73.8 Å². The van der Waals surface area contributed by atoms with Crippen LogP contribution >= 0.6 is 15.9 Å². The van der Waals surface area contributed by atoms with Gasteiger partial charge in [0, 0.05) is 16.2 Å². The second-order valence-electron chi connectivity index (χ2n) is 7.02. The fourth-order valence-corrected chi connectivity index (χ4v) is 3.49. The molecule has 0 unspecified atom stereocenters. The number of amides is 1. The quantitative estimate of drug-likeness (QED) is 0.408. The Kier molecular flexibility index (Phi) is 6.18. The van der Waals surface area contributed by atoms with Crippen LogP contribution in [0.5, 0.6) is 5.75 Å². The molecule has 158 valence electrons. The van der Waals surface area contributed by atoms with Crippen LogP contribution in [0.3, 0.4) is 0 Å². The summed E-state index contributed by atoms with van der Waals surface area (Å²) in [5.74, 6) is 1.48. The average Bonchev–Trinajstić information content (AvgIpc) is 3.43. The third kappa shape index (κ3) is 4.86. The molecule has 1 atom stereocenters. The summed E-state index contributed by atoms with van der Waals surface area (Å²) in [7, 11) is 1.62. The highest BCUT2D eigenvalue weighted by Gasteiger charge is 2.17. The molecule has 1 amide bonds. The maximum Gasteiger partial charge on any atom is 0.274 e. The first-order chi connectivity index (χ1) is 15.0. The number of methoxy groups -OCH3 is 1. The summed E-state index contributed by atoms with van der Waals surface area (Å²) in [6.45, 7) is 2.07. The van der Waals surface area contributed by atoms with E-state index in [0.717, 1.165) is 21.3 Å². The lowest BCUT2D eigenvalue weighted by Crippen LogP contribution is -2.30. The molecule has 2 aromatic carbocycles. The largest absolute Gasteiger partial charge is 0.497 e. The summed E-state index contributed by atoms with van der Waals surface area (Å²) in [4.78, 5) is 17.1. The van der Waals surface area contributed by atoms with Crippen LogP contribution in [0.15, 0.2) is 75.9 Å². The smallest absolute Gasteiger partial charge is 0.274 e. The van der Waals surface area contributed by atoms with Gasteiger partial charge in [0.1, 0.15) is 18.0 Å². The van der Waals surface area contributed by atoms with E-state index >= 15 is 0 Å². The summed E-state index contributed by atoms with van der Waals surface area (Å²) < 4.78 is 13.5. The maximum atomic E-state index is 12.7. The Morgan fingerprint density at radius 3 is 2.77 bits per heavy atom. The molecule has 0 bridgehead atoms. The van der Waals surface area contributed by atoms with Gasteiger partial charge < -0.3 is 19.1 Å². The van der Waals surface area contributed by atoms with E-state index in [1.54, 1.807) is 11.7 Å². The van der Waals surface area contributed by atoms with Crippen molar-refractivity contribution < 1.29 is 14.1 Å². The van der Waals surface area contributed by atoms with Gasteiger partial charge in [-0.05, 0) is 61.0 Å². The predicted molar refractivity (Wildman–Crippen MR) is 120 cm³/mol. The molecule has 4 rings (SSSR count). The molecule has 8 heteroatoms. The number of aromatic nitrogens is 3. The van der Waals surface area contributed by atoms with E-state index in [2.05, 4.69) is 31.4 Å². The molecule has 2 heterocycles. The van der Waals surface area contributed by atoms with E-state index in [4.69, 9.17) is 9.26 Å². The highest BCUT2D eigenvalue weighted by Crippen LogP contribution is 2.24. The summed E-state index contributed by atoms with van der Waals surface area (Å²) in [5.41, 5.74) is 2.50. The SMILES string of the molecule is COc1cccc([C@H](C)NC(=O)Cn2cccc2-c2nc(-c3ccc(Br)cc3)no2)c1. The Morgan fingerprint density at radius 1 is 1.19 bits per heavy atom. The number of hydrogen-bond acceptors (Lipinski definition) is 5. The number of hydrogen-bond donors (Lipinski definition) is 1. The third-order valence-electron chi connectivity index (χ3n) is 4.86. The zero-order chi connectivity index (χ0) is 21.8. The fraction of sp³-hybridized carbons (Fsp3) is 0.174. The number of rotatable bonds is 7.